The number of methoxy groups -OCH3 is 1. The number of carbonyl (C=O) groups is 1. The van der Waals surface area contributed by atoms with Crippen LogP contribution in [-0.4, -0.2) is 44.4 Å². The second-order valence-electron chi connectivity index (χ2n) is 12.9. The summed E-state index contributed by atoms with van der Waals surface area (Å²) in [4.78, 5) is 27.8. The van der Waals surface area contributed by atoms with Gasteiger partial charge in [-0.15, -0.1) is 0 Å². The first-order chi connectivity index (χ1) is 23.4. The average Bonchev–Trinajstić information content (AvgIpc) is 3.00. The molecule has 2 amide bonds. The van der Waals surface area contributed by atoms with Crippen LogP contribution in [0.2, 0.25) is 0 Å². The van der Waals surface area contributed by atoms with Crippen molar-refractivity contribution < 1.29 is 32.1 Å². The first-order valence-corrected chi connectivity index (χ1v) is 19.5. The first-order valence-electron chi connectivity index (χ1n) is 15.5. The Kier molecular flexibility index (Phi) is 10.2. The molecule has 50 heavy (non-hydrogen) atoms. The van der Waals surface area contributed by atoms with Gasteiger partial charge in [0, 0.05) is 40.7 Å². The number of carbonyl (C=O) groups excluding carboxylic acids is 1. The molecule has 0 radical (unpaired) electrons. The van der Waals surface area contributed by atoms with Crippen LogP contribution in [0.15, 0.2) is 85.1 Å². The highest BCUT2D eigenvalue weighted by Gasteiger charge is 2.23. The fourth-order valence-corrected chi connectivity index (χ4v) is 7.03. The number of aromatic nitrogens is 1. The van der Waals surface area contributed by atoms with Crippen molar-refractivity contribution in [3.63, 3.8) is 0 Å². The molecule has 0 bridgehead atoms. The Morgan fingerprint density at radius 3 is 2.22 bits per heavy atom. The van der Waals surface area contributed by atoms with Crippen molar-refractivity contribution in [2.45, 2.75) is 33.1 Å². The van der Waals surface area contributed by atoms with Gasteiger partial charge < -0.3 is 30.3 Å². The van der Waals surface area contributed by atoms with E-state index >= 15 is 0 Å². The van der Waals surface area contributed by atoms with Crippen molar-refractivity contribution in [2.24, 2.45) is 0 Å². The molecule has 1 atom stereocenters. The molecule has 5 aromatic rings. The van der Waals surface area contributed by atoms with Gasteiger partial charge in [-0.2, -0.15) is 0 Å². The topological polar surface area (TPSA) is 168 Å². The van der Waals surface area contributed by atoms with E-state index in [-0.39, 0.29) is 16.9 Å². The van der Waals surface area contributed by atoms with E-state index in [0.29, 0.717) is 45.2 Å². The van der Waals surface area contributed by atoms with Gasteiger partial charge in [-0.3, -0.25) is 9.29 Å². The standard InChI is InChI=1S/C36H40N5O7PS/c1-22-18-24(12-15-32(22)49(6,43)44)38-33-21-25(16-17-37-33)48-31-14-13-28(26-10-8-9-11-27(26)31)39-35(42)40-29-19-23(36(2,3)4)20-30(34(29)47-5)41-50(7,45)46/h8-21,41H,1-7H3,(H,37,38)(H,43,44)(H2,39,40,42). The number of nitrogens with one attached hydrogen (secondary N) is 4. The van der Waals surface area contributed by atoms with E-state index in [0.717, 1.165) is 22.6 Å². The molecule has 1 heterocycles. The van der Waals surface area contributed by atoms with E-state index in [1.807, 2.05) is 45.0 Å². The molecule has 1 unspecified atom stereocenters. The molecule has 5 N–H and O–H groups in total. The lowest BCUT2D eigenvalue weighted by Crippen LogP contribution is -2.22. The summed E-state index contributed by atoms with van der Waals surface area (Å²) >= 11 is 0. The van der Waals surface area contributed by atoms with E-state index in [1.54, 1.807) is 67.7 Å². The lowest BCUT2D eigenvalue weighted by atomic mass is 9.86. The van der Waals surface area contributed by atoms with E-state index in [4.69, 9.17) is 9.47 Å². The number of sulfonamides is 1. The molecule has 0 aliphatic rings. The van der Waals surface area contributed by atoms with Gasteiger partial charge in [-0.1, -0.05) is 45.0 Å². The van der Waals surface area contributed by atoms with Crippen molar-refractivity contribution in [3.05, 3.63) is 96.2 Å². The minimum atomic E-state index is -3.63. The average molecular weight is 718 g/mol. The Morgan fingerprint density at radius 2 is 1.58 bits per heavy atom. The lowest BCUT2D eigenvalue weighted by molar-refractivity contribution is 0.262. The summed E-state index contributed by atoms with van der Waals surface area (Å²) in [6.07, 6.45) is 2.65. The molecule has 0 spiro atoms. The number of urea groups is 1. The Bertz CT molecular complexity index is 2250. The molecular weight excluding hydrogens is 677 g/mol. The fourth-order valence-electron chi connectivity index (χ4n) is 5.41. The zero-order valence-electron chi connectivity index (χ0n) is 28.8. The summed E-state index contributed by atoms with van der Waals surface area (Å²) in [6.45, 7) is 9.03. The van der Waals surface area contributed by atoms with E-state index in [9.17, 15) is 22.7 Å². The highest BCUT2D eigenvalue weighted by molar-refractivity contribution is 7.92. The van der Waals surface area contributed by atoms with Crippen LogP contribution in [0.25, 0.3) is 10.8 Å². The number of pyridine rings is 1. The zero-order valence-corrected chi connectivity index (χ0v) is 30.5. The molecule has 14 heteroatoms. The van der Waals surface area contributed by atoms with E-state index in [1.165, 1.54) is 13.8 Å². The molecule has 0 aliphatic carbocycles. The summed E-state index contributed by atoms with van der Waals surface area (Å²) in [5.74, 6) is 1.74. The largest absolute Gasteiger partial charge is 0.492 e. The maximum atomic E-state index is 13.4. The molecular formula is C36H40N5O7PS. The highest BCUT2D eigenvalue weighted by Crippen LogP contribution is 2.40. The van der Waals surface area contributed by atoms with Crippen LogP contribution < -0.4 is 35.5 Å². The molecule has 0 saturated heterocycles. The van der Waals surface area contributed by atoms with Gasteiger partial charge in [0.15, 0.2) is 5.75 Å². The second-order valence-corrected chi connectivity index (χ2v) is 16.9. The summed E-state index contributed by atoms with van der Waals surface area (Å²) < 4.78 is 50.7. The number of nitrogens with zero attached hydrogens (tertiary/aromatic N) is 1. The van der Waals surface area contributed by atoms with Gasteiger partial charge >= 0.3 is 6.03 Å². The van der Waals surface area contributed by atoms with Crippen LogP contribution in [0.4, 0.5) is 33.4 Å². The SMILES string of the molecule is COc1c(NC(=O)Nc2ccc(Oc3ccnc(Nc4ccc(P(C)(=O)O)c(C)c4)c3)c3ccccc23)cc(C(C)(C)C)cc1NS(C)(=O)=O. The van der Waals surface area contributed by atoms with Gasteiger partial charge in [0.2, 0.25) is 17.4 Å². The third-order valence-corrected chi connectivity index (χ3v) is 9.70. The van der Waals surface area contributed by atoms with E-state index in [2.05, 4.69) is 25.7 Å². The third kappa shape index (κ3) is 8.73. The van der Waals surface area contributed by atoms with E-state index < -0.39 is 23.4 Å². The molecule has 0 fully saturated rings. The predicted octanol–water partition coefficient (Wildman–Crippen LogP) is 7.93. The quantitative estimate of drug-likeness (QED) is 0.0901. The number of hydrogen-bond donors (Lipinski definition) is 5. The van der Waals surface area contributed by atoms with Crippen LogP contribution in [0, 0.1) is 6.92 Å². The van der Waals surface area contributed by atoms with Crippen molar-refractivity contribution in [1.82, 2.24) is 4.98 Å². The number of hydrogen-bond acceptors (Lipinski definition) is 8. The van der Waals surface area contributed by atoms with Crippen LogP contribution in [0.1, 0.15) is 31.9 Å². The van der Waals surface area contributed by atoms with Crippen molar-refractivity contribution in [1.29, 1.82) is 0 Å². The van der Waals surface area contributed by atoms with Gasteiger partial charge in [0.1, 0.15) is 17.3 Å². The minimum absolute atomic E-state index is 0.169. The van der Waals surface area contributed by atoms with Crippen molar-refractivity contribution in [3.8, 4) is 17.2 Å². The number of rotatable bonds is 10. The molecule has 1 aromatic heterocycles. The van der Waals surface area contributed by atoms with Crippen LogP contribution in [0.5, 0.6) is 17.2 Å². The Morgan fingerprint density at radius 1 is 0.900 bits per heavy atom. The molecule has 262 valence electrons. The first kappa shape index (κ1) is 36.2. The second kappa shape index (κ2) is 14.0. The normalized spacial score (nSPS) is 12.9. The third-order valence-electron chi connectivity index (χ3n) is 7.71. The highest BCUT2D eigenvalue weighted by atomic mass is 32.2. The van der Waals surface area contributed by atoms with Gasteiger partial charge in [0.25, 0.3) is 0 Å². The number of benzene rings is 4. The fraction of sp³-hybridized carbons (Fsp3) is 0.222. The summed E-state index contributed by atoms with van der Waals surface area (Å²) in [6, 6.07) is 22.4. The lowest BCUT2D eigenvalue weighted by Gasteiger charge is -2.24. The van der Waals surface area contributed by atoms with Crippen LogP contribution in [0.3, 0.4) is 0 Å². The number of amides is 2. The summed E-state index contributed by atoms with van der Waals surface area (Å²) in [5.41, 5.74) is 2.83. The monoisotopic (exact) mass is 717 g/mol. The molecule has 0 saturated carbocycles. The summed E-state index contributed by atoms with van der Waals surface area (Å²) in [5, 5.41) is 10.8. The number of ether oxygens (including phenoxy) is 2. The maximum absolute atomic E-state index is 13.4. The molecule has 12 nitrogen and oxygen atoms in total. The van der Waals surface area contributed by atoms with Crippen molar-refractivity contribution in [2.75, 3.05) is 40.7 Å². The zero-order chi connectivity index (χ0) is 36.4. The minimum Gasteiger partial charge on any atom is -0.492 e. The smallest absolute Gasteiger partial charge is 0.323 e. The van der Waals surface area contributed by atoms with Gasteiger partial charge in [-0.05, 0) is 72.0 Å². The molecule has 4 aromatic carbocycles. The Labute approximate surface area is 291 Å². The van der Waals surface area contributed by atoms with Gasteiger partial charge in [-0.25, -0.2) is 18.2 Å². The number of aryl methyl sites for hydroxylation is 1. The summed E-state index contributed by atoms with van der Waals surface area (Å²) in [7, 11) is -5.62. The van der Waals surface area contributed by atoms with Crippen LogP contribution in [-0.2, 0) is 20.0 Å². The van der Waals surface area contributed by atoms with Crippen molar-refractivity contribution >= 4 is 68.1 Å². The van der Waals surface area contributed by atoms with Gasteiger partial charge in [0.05, 0.1) is 30.4 Å². The molecule has 5 rings (SSSR count). The number of anilines is 5. The molecule has 0 aliphatic heterocycles. The number of fused-ring (bicyclic) bond motifs is 1. The van der Waals surface area contributed by atoms with Crippen LogP contribution >= 0.6 is 7.37 Å². The predicted molar refractivity (Wildman–Crippen MR) is 201 cm³/mol. The maximum Gasteiger partial charge on any atom is 0.323 e. The Hall–Kier alpha value is -5.10. The Balaban J connectivity index is 1.38.